The molecule has 1 aliphatic heterocycles. The third kappa shape index (κ3) is 3.65. The van der Waals surface area contributed by atoms with Crippen molar-refractivity contribution in [3.8, 4) is 0 Å². The maximum absolute atomic E-state index is 11.9. The average molecular weight is 269 g/mol. The Morgan fingerprint density at radius 2 is 2.17 bits per heavy atom. The molecule has 1 aliphatic rings. The van der Waals surface area contributed by atoms with E-state index in [1.807, 2.05) is 6.92 Å². The van der Waals surface area contributed by atoms with Crippen LogP contribution in [0, 0.1) is 0 Å². The van der Waals surface area contributed by atoms with Crippen LogP contribution in [0.3, 0.4) is 0 Å². The van der Waals surface area contributed by atoms with Crippen LogP contribution in [-0.2, 0) is 0 Å². The Hall–Kier alpha value is -1.20. The maximum atomic E-state index is 11.9. The highest BCUT2D eigenvalue weighted by atomic mass is 35.5. The molecule has 0 radical (unpaired) electrons. The number of nitrogens with one attached hydrogen (secondary N) is 1. The van der Waals surface area contributed by atoms with E-state index in [2.05, 4.69) is 20.4 Å². The Bertz CT molecular complexity index is 403. The summed E-state index contributed by atoms with van der Waals surface area (Å²) in [5, 5.41) is 10.6. The first kappa shape index (κ1) is 13.2. The van der Waals surface area contributed by atoms with E-state index in [0.717, 1.165) is 19.6 Å². The van der Waals surface area contributed by atoms with Gasteiger partial charge < -0.3 is 10.2 Å². The van der Waals surface area contributed by atoms with Crippen LogP contribution in [0.1, 0.15) is 30.3 Å². The van der Waals surface area contributed by atoms with Gasteiger partial charge in [0.05, 0.1) is 0 Å². The van der Waals surface area contributed by atoms with E-state index >= 15 is 0 Å². The predicted octanol–water partition coefficient (Wildman–Crippen LogP) is 1.34. The topological polar surface area (TPSA) is 58.1 Å². The number of aromatic nitrogens is 2. The van der Waals surface area contributed by atoms with E-state index in [1.165, 1.54) is 12.8 Å². The standard InChI is InChI=1S/C12H17ClN4O/c1-9(8-17-6-2-3-7-17)14-12(18)10-4-5-11(13)16-15-10/h4-5,9H,2-3,6-8H2,1H3,(H,14,18). The molecular formula is C12H17ClN4O. The molecule has 1 aromatic heterocycles. The second kappa shape index (κ2) is 6.11. The van der Waals surface area contributed by atoms with Gasteiger partial charge in [0.1, 0.15) is 0 Å². The van der Waals surface area contributed by atoms with Crippen molar-refractivity contribution in [2.75, 3.05) is 19.6 Å². The molecule has 0 spiro atoms. The number of hydrogen-bond acceptors (Lipinski definition) is 4. The fraction of sp³-hybridized carbons (Fsp3) is 0.583. The molecule has 98 valence electrons. The number of likely N-dealkylation sites (tertiary alicyclic amines) is 1. The zero-order valence-corrected chi connectivity index (χ0v) is 11.2. The number of carbonyl (C=O) groups excluding carboxylic acids is 1. The number of rotatable bonds is 4. The van der Waals surface area contributed by atoms with Crippen LogP contribution in [0.5, 0.6) is 0 Å². The lowest BCUT2D eigenvalue weighted by molar-refractivity contribution is 0.0926. The summed E-state index contributed by atoms with van der Waals surface area (Å²) in [6.45, 7) is 5.13. The van der Waals surface area contributed by atoms with Gasteiger partial charge in [0.25, 0.3) is 5.91 Å². The third-order valence-corrected chi connectivity index (χ3v) is 3.17. The van der Waals surface area contributed by atoms with Crippen LogP contribution < -0.4 is 5.32 Å². The zero-order chi connectivity index (χ0) is 13.0. The van der Waals surface area contributed by atoms with Crippen molar-refractivity contribution in [1.82, 2.24) is 20.4 Å². The molecular weight excluding hydrogens is 252 g/mol. The first-order chi connectivity index (χ1) is 8.65. The van der Waals surface area contributed by atoms with E-state index in [4.69, 9.17) is 11.6 Å². The molecule has 5 nitrogen and oxygen atoms in total. The summed E-state index contributed by atoms with van der Waals surface area (Å²) in [7, 11) is 0. The Balaban J connectivity index is 1.84. The van der Waals surface area contributed by atoms with Gasteiger partial charge in [-0.15, -0.1) is 10.2 Å². The zero-order valence-electron chi connectivity index (χ0n) is 10.4. The van der Waals surface area contributed by atoms with Crippen molar-refractivity contribution in [2.45, 2.75) is 25.8 Å². The van der Waals surface area contributed by atoms with Crippen LogP contribution in [-0.4, -0.2) is 46.7 Å². The normalized spacial score (nSPS) is 17.7. The lowest BCUT2D eigenvalue weighted by Crippen LogP contribution is -2.41. The molecule has 0 bridgehead atoms. The van der Waals surface area contributed by atoms with E-state index in [9.17, 15) is 4.79 Å². The van der Waals surface area contributed by atoms with Gasteiger partial charge in [-0.3, -0.25) is 4.79 Å². The van der Waals surface area contributed by atoms with Gasteiger partial charge in [-0.1, -0.05) is 11.6 Å². The van der Waals surface area contributed by atoms with Crippen LogP contribution in [0.2, 0.25) is 5.15 Å². The quantitative estimate of drug-likeness (QED) is 0.895. The van der Waals surface area contributed by atoms with Gasteiger partial charge in [-0.05, 0) is 45.0 Å². The van der Waals surface area contributed by atoms with Crippen LogP contribution in [0.25, 0.3) is 0 Å². The van der Waals surface area contributed by atoms with Gasteiger partial charge in [0, 0.05) is 12.6 Å². The average Bonchev–Trinajstić information content (AvgIpc) is 2.82. The summed E-state index contributed by atoms with van der Waals surface area (Å²) in [4.78, 5) is 14.2. The Kier molecular flexibility index (Phi) is 4.49. The number of amides is 1. The third-order valence-electron chi connectivity index (χ3n) is 2.97. The Labute approximate surface area is 112 Å². The molecule has 1 amide bonds. The van der Waals surface area contributed by atoms with Crippen molar-refractivity contribution in [2.24, 2.45) is 0 Å². The molecule has 1 aromatic rings. The van der Waals surface area contributed by atoms with Crippen LogP contribution >= 0.6 is 11.6 Å². The van der Waals surface area contributed by atoms with E-state index < -0.39 is 0 Å². The number of nitrogens with zero attached hydrogens (tertiary/aromatic N) is 3. The van der Waals surface area contributed by atoms with Gasteiger partial charge in [0.2, 0.25) is 0 Å². The molecule has 0 aromatic carbocycles. The molecule has 0 aliphatic carbocycles. The lowest BCUT2D eigenvalue weighted by atomic mass is 10.3. The SMILES string of the molecule is CC(CN1CCCC1)NC(=O)c1ccc(Cl)nn1. The van der Waals surface area contributed by atoms with Gasteiger partial charge in [-0.2, -0.15) is 0 Å². The monoisotopic (exact) mass is 268 g/mol. The van der Waals surface area contributed by atoms with Crippen LogP contribution in [0.4, 0.5) is 0 Å². The van der Waals surface area contributed by atoms with Gasteiger partial charge in [-0.25, -0.2) is 0 Å². The summed E-state index contributed by atoms with van der Waals surface area (Å²) in [5.74, 6) is -0.203. The Morgan fingerprint density at radius 3 is 2.78 bits per heavy atom. The van der Waals surface area contributed by atoms with Crippen molar-refractivity contribution >= 4 is 17.5 Å². The largest absolute Gasteiger partial charge is 0.347 e. The number of halogens is 1. The lowest BCUT2D eigenvalue weighted by Gasteiger charge is -2.20. The molecule has 1 saturated heterocycles. The fourth-order valence-corrected chi connectivity index (χ4v) is 2.23. The Morgan fingerprint density at radius 1 is 1.44 bits per heavy atom. The van der Waals surface area contributed by atoms with Crippen molar-refractivity contribution < 1.29 is 4.79 Å². The van der Waals surface area contributed by atoms with E-state index in [-0.39, 0.29) is 17.1 Å². The summed E-state index contributed by atoms with van der Waals surface area (Å²) in [6, 6.07) is 3.25. The van der Waals surface area contributed by atoms with Crippen LogP contribution in [0.15, 0.2) is 12.1 Å². The molecule has 1 N–H and O–H groups in total. The summed E-state index contributed by atoms with van der Waals surface area (Å²) < 4.78 is 0. The first-order valence-corrected chi connectivity index (χ1v) is 6.55. The maximum Gasteiger partial charge on any atom is 0.272 e. The summed E-state index contributed by atoms with van der Waals surface area (Å²) >= 11 is 5.62. The molecule has 1 atom stereocenters. The molecule has 18 heavy (non-hydrogen) atoms. The first-order valence-electron chi connectivity index (χ1n) is 6.17. The van der Waals surface area contributed by atoms with E-state index in [1.54, 1.807) is 12.1 Å². The van der Waals surface area contributed by atoms with Crippen molar-refractivity contribution in [3.05, 3.63) is 23.0 Å². The summed E-state index contributed by atoms with van der Waals surface area (Å²) in [5.41, 5.74) is 0.299. The van der Waals surface area contributed by atoms with Crippen molar-refractivity contribution in [1.29, 1.82) is 0 Å². The molecule has 0 saturated carbocycles. The second-order valence-corrected chi connectivity index (χ2v) is 5.01. The molecule has 1 unspecified atom stereocenters. The highest BCUT2D eigenvalue weighted by Crippen LogP contribution is 2.08. The minimum atomic E-state index is -0.203. The van der Waals surface area contributed by atoms with Crippen molar-refractivity contribution in [3.63, 3.8) is 0 Å². The van der Waals surface area contributed by atoms with Gasteiger partial charge >= 0.3 is 0 Å². The fourth-order valence-electron chi connectivity index (χ4n) is 2.13. The van der Waals surface area contributed by atoms with E-state index in [0.29, 0.717) is 5.69 Å². The van der Waals surface area contributed by atoms with Gasteiger partial charge in [0.15, 0.2) is 10.8 Å². The highest BCUT2D eigenvalue weighted by Gasteiger charge is 2.17. The molecule has 6 heteroatoms. The molecule has 2 heterocycles. The second-order valence-electron chi connectivity index (χ2n) is 4.62. The minimum Gasteiger partial charge on any atom is -0.347 e. The number of hydrogen-bond donors (Lipinski definition) is 1. The number of carbonyl (C=O) groups is 1. The highest BCUT2D eigenvalue weighted by molar-refractivity contribution is 6.29. The summed E-state index contributed by atoms with van der Waals surface area (Å²) in [6.07, 6.45) is 2.51. The smallest absolute Gasteiger partial charge is 0.272 e. The molecule has 1 fully saturated rings. The predicted molar refractivity (Wildman–Crippen MR) is 69.6 cm³/mol. The minimum absolute atomic E-state index is 0.105. The molecule has 2 rings (SSSR count).